The standard InChI is InChI=1S/C20H24F2N4O.HI/c1-23-20(24-10-12-27-17-7-8-18(21)19(22)13-17)25-15-9-11-26(14-15)16-5-3-2-4-6-16;/h2-8,13,15H,9-12,14H2,1H3,(H2,23,24,25);1H. The lowest BCUT2D eigenvalue weighted by molar-refractivity contribution is 0.318. The lowest BCUT2D eigenvalue weighted by atomic mass is 10.3. The number of hydrogen-bond acceptors (Lipinski definition) is 3. The number of hydrogen-bond donors (Lipinski definition) is 2. The maximum atomic E-state index is 13.1. The van der Waals surface area contributed by atoms with Gasteiger partial charge < -0.3 is 20.3 Å². The van der Waals surface area contributed by atoms with Crippen molar-refractivity contribution in [3.63, 3.8) is 0 Å². The van der Waals surface area contributed by atoms with Gasteiger partial charge in [0.2, 0.25) is 0 Å². The molecule has 5 nitrogen and oxygen atoms in total. The molecular formula is C20H25F2IN4O. The third-order valence-corrected chi connectivity index (χ3v) is 4.43. The van der Waals surface area contributed by atoms with Crippen LogP contribution >= 0.6 is 24.0 Å². The van der Waals surface area contributed by atoms with E-state index in [4.69, 9.17) is 4.74 Å². The summed E-state index contributed by atoms with van der Waals surface area (Å²) >= 11 is 0. The summed E-state index contributed by atoms with van der Waals surface area (Å²) in [6.07, 6.45) is 1.03. The molecule has 1 heterocycles. The Morgan fingerprint density at radius 3 is 2.68 bits per heavy atom. The number of ether oxygens (including phenoxy) is 1. The third kappa shape index (κ3) is 6.22. The summed E-state index contributed by atoms with van der Waals surface area (Å²) in [5.74, 6) is -0.801. The van der Waals surface area contributed by atoms with Crippen LogP contribution in [0, 0.1) is 11.6 Å². The Balaban J connectivity index is 0.00000280. The average Bonchev–Trinajstić information content (AvgIpc) is 3.16. The van der Waals surface area contributed by atoms with Crippen LogP contribution in [-0.2, 0) is 0 Å². The minimum atomic E-state index is -0.915. The lowest BCUT2D eigenvalue weighted by Crippen LogP contribution is -2.45. The number of halogens is 3. The van der Waals surface area contributed by atoms with Crippen LogP contribution in [0.4, 0.5) is 14.5 Å². The number of aliphatic imine (C=N–C) groups is 1. The molecule has 3 rings (SSSR count). The zero-order chi connectivity index (χ0) is 19.1. The monoisotopic (exact) mass is 502 g/mol. The largest absolute Gasteiger partial charge is 0.492 e. The highest BCUT2D eigenvalue weighted by molar-refractivity contribution is 14.0. The summed E-state index contributed by atoms with van der Waals surface area (Å²) in [5, 5.41) is 6.59. The molecule has 1 aliphatic rings. The van der Waals surface area contributed by atoms with E-state index in [-0.39, 0.29) is 24.0 Å². The molecule has 0 radical (unpaired) electrons. The molecule has 28 heavy (non-hydrogen) atoms. The van der Waals surface area contributed by atoms with Crippen LogP contribution in [0.15, 0.2) is 53.5 Å². The molecule has 8 heteroatoms. The van der Waals surface area contributed by atoms with Gasteiger partial charge in [-0.15, -0.1) is 24.0 Å². The molecule has 2 aromatic carbocycles. The van der Waals surface area contributed by atoms with E-state index < -0.39 is 11.6 Å². The quantitative estimate of drug-likeness (QED) is 0.275. The van der Waals surface area contributed by atoms with E-state index in [1.807, 2.05) is 18.2 Å². The molecule has 2 aromatic rings. The van der Waals surface area contributed by atoms with Crippen LogP contribution in [0.1, 0.15) is 6.42 Å². The first-order valence-corrected chi connectivity index (χ1v) is 9.01. The molecule has 2 N–H and O–H groups in total. The third-order valence-electron chi connectivity index (χ3n) is 4.43. The van der Waals surface area contributed by atoms with Crippen molar-refractivity contribution in [2.45, 2.75) is 12.5 Å². The Labute approximate surface area is 181 Å². The van der Waals surface area contributed by atoms with Gasteiger partial charge in [-0.25, -0.2) is 8.78 Å². The molecule has 0 bridgehead atoms. The molecule has 0 amide bonds. The molecule has 1 unspecified atom stereocenters. The van der Waals surface area contributed by atoms with Crippen molar-refractivity contribution in [3.8, 4) is 5.75 Å². The first-order chi connectivity index (χ1) is 13.2. The first kappa shape index (κ1) is 22.2. The second kappa shape index (κ2) is 11.0. The number of anilines is 1. The van der Waals surface area contributed by atoms with Crippen molar-refractivity contribution < 1.29 is 13.5 Å². The molecule has 1 atom stereocenters. The van der Waals surface area contributed by atoms with Crippen LogP contribution in [0.2, 0.25) is 0 Å². The Morgan fingerprint density at radius 2 is 1.96 bits per heavy atom. The van der Waals surface area contributed by atoms with Crippen molar-refractivity contribution in [2.75, 3.05) is 38.2 Å². The highest BCUT2D eigenvalue weighted by atomic mass is 127. The maximum absolute atomic E-state index is 13.1. The Kier molecular flexibility index (Phi) is 8.75. The number of nitrogens with zero attached hydrogens (tertiary/aromatic N) is 2. The predicted molar refractivity (Wildman–Crippen MR) is 119 cm³/mol. The molecular weight excluding hydrogens is 477 g/mol. The van der Waals surface area contributed by atoms with Crippen molar-refractivity contribution in [1.29, 1.82) is 0 Å². The minimum Gasteiger partial charge on any atom is -0.492 e. The van der Waals surface area contributed by atoms with Crippen LogP contribution in [0.25, 0.3) is 0 Å². The maximum Gasteiger partial charge on any atom is 0.191 e. The minimum absolute atomic E-state index is 0. The second-order valence-electron chi connectivity index (χ2n) is 6.33. The Morgan fingerprint density at radius 1 is 1.18 bits per heavy atom. The van der Waals surface area contributed by atoms with Gasteiger partial charge in [0.05, 0.1) is 6.54 Å². The van der Waals surface area contributed by atoms with Crippen molar-refractivity contribution in [3.05, 3.63) is 60.2 Å². The smallest absolute Gasteiger partial charge is 0.191 e. The fourth-order valence-electron chi connectivity index (χ4n) is 3.04. The van der Waals surface area contributed by atoms with Crippen LogP contribution < -0.4 is 20.3 Å². The molecule has 1 fully saturated rings. The van der Waals surface area contributed by atoms with E-state index in [1.165, 1.54) is 11.8 Å². The van der Waals surface area contributed by atoms with E-state index in [0.717, 1.165) is 31.6 Å². The summed E-state index contributed by atoms with van der Waals surface area (Å²) in [7, 11) is 1.72. The van der Waals surface area contributed by atoms with Gasteiger partial charge in [0.25, 0.3) is 0 Å². The second-order valence-corrected chi connectivity index (χ2v) is 6.33. The Hall–Kier alpha value is -2.10. The summed E-state index contributed by atoms with van der Waals surface area (Å²) in [6, 6.07) is 14.1. The fourth-order valence-corrected chi connectivity index (χ4v) is 3.04. The van der Waals surface area contributed by atoms with Gasteiger partial charge in [-0.3, -0.25) is 4.99 Å². The fraction of sp³-hybridized carbons (Fsp3) is 0.350. The van der Waals surface area contributed by atoms with E-state index in [0.29, 0.717) is 30.9 Å². The van der Waals surface area contributed by atoms with Gasteiger partial charge in [0, 0.05) is 37.9 Å². The summed E-state index contributed by atoms with van der Waals surface area (Å²) in [4.78, 5) is 6.57. The number of benzene rings is 2. The van der Waals surface area contributed by atoms with Gasteiger partial charge in [0.15, 0.2) is 17.6 Å². The van der Waals surface area contributed by atoms with E-state index >= 15 is 0 Å². The summed E-state index contributed by atoms with van der Waals surface area (Å²) in [6.45, 7) is 2.72. The van der Waals surface area contributed by atoms with Crippen molar-refractivity contribution in [1.82, 2.24) is 10.6 Å². The molecule has 0 spiro atoms. The van der Waals surface area contributed by atoms with E-state index in [9.17, 15) is 8.78 Å². The van der Waals surface area contributed by atoms with Gasteiger partial charge in [-0.05, 0) is 30.7 Å². The number of rotatable bonds is 6. The van der Waals surface area contributed by atoms with Gasteiger partial charge in [-0.2, -0.15) is 0 Å². The summed E-state index contributed by atoms with van der Waals surface area (Å²) < 4.78 is 31.5. The molecule has 0 saturated carbocycles. The average molecular weight is 502 g/mol. The number of nitrogens with one attached hydrogen (secondary N) is 2. The van der Waals surface area contributed by atoms with E-state index in [1.54, 1.807) is 7.05 Å². The molecule has 1 saturated heterocycles. The van der Waals surface area contributed by atoms with Crippen molar-refractivity contribution >= 4 is 35.6 Å². The highest BCUT2D eigenvalue weighted by Crippen LogP contribution is 2.19. The number of guanidine groups is 1. The number of para-hydroxylation sites is 1. The molecule has 152 valence electrons. The van der Waals surface area contributed by atoms with Gasteiger partial charge >= 0.3 is 0 Å². The zero-order valence-corrected chi connectivity index (χ0v) is 18.0. The zero-order valence-electron chi connectivity index (χ0n) is 15.7. The van der Waals surface area contributed by atoms with Crippen LogP contribution in [0.5, 0.6) is 5.75 Å². The predicted octanol–water partition coefficient (Wildman–Crippen LogP) is 3.41. The SMILES string of the molecule is CN=C(NCCOc1ccc(F)c(F)c1)NC1CCN(c2ccccc2)C1.I. The van der Waals surface area contributed by atoms with Gasteiger partial charge in [-0.1, -0.05) is 18.2 Å². The Bertz CT molecular complexity index is 776. The van der Waals surface area contributed by atoms with Crippen LogP contribution in [-0.4, -0.2) is 45.3 Å². The normalized spacial score (nSPS) is 16.5. The van der Waals surface area contributed by atoms with Crippen molar-refractivity contribution in [2.24, 2.45) is 4.99 Å². The summed E-state index contributed by atoms with van der Waals surface area (Å²) in [5.41, 5.74) is 1.23. The first-order valence-electron chi connectivity index (χ1n) is 9.01. The van der Waals surface area contributed by atoms with E-state index in [2.05, 4.69) is 32.7 Å². The van der Waals surface area contributed by atoms with Crippen LogP contribution in [0.3, 0.4) is 0 Å². The topological polar surface area (TPSA) is 48.9 Å². The highest BCUT2D eigenvalue weighted by Gasteiger charge is 2.23. The molecule has 1 aliphatic heterocycles. The molecule has 0 aromatic heterocycles. The lowest BCUT2D eigenvalue weighted by Gasteiger charge is -2.20. The van der Waals surface area contributed by atoms with Gasteiger partial charge in [0.1, 0.15) is 12.4 Å². The molecule has 0 aliphatic carbocycles.